The maximum absolute atomic E-state index is 5.96. The smallest absolute Gasteiger partial charge is 0.0951 e. The zero-order valence-electron chi connectivity index (χ0n) is 11.0. The first-order chi connectivity index (χ1) is 9.81. The molecule has 0 aliphatic heterocycles. The second-order valence-electron chi connectivity index (χ2n) is 4.63. The molecule has 0 amide bonds. The molecular formula is C16H15ClN2S. The Balaban J connectivity index is 1.52. The van der Waals surface area contributed by atoms with Crippen LogP contribution in [0.25, 0.3) is 10.2 Å². The van der Waals surface area contributed by atoms with Gasteiger partial charge in [0.1, 0.15) is 0 Å². The number of hydrogen-bond donors (Lipinski definition) is 1. The molecule has 0 unspecified atom stereocenters. The van der Waals surface area contributed by atoms with E-state index in [1.165, 1.54) is 15.3 Å². The standard InChI is InChI=1S/C16H15ClN2S/c17-13-5-3-4-12(10-13)11-18-9-8-16-19-14-6-1-2-7-15(14)20-16/h1-7,10,18H,8-9,11H2. The average Bonchev–Trinajstić information content (AvgIpc) is 2.86. The molecule has 1 heterocycles. The number of nitrogens with one attached hydrogen (secondary N) is 1. The maximum Gasteiger partial charge on any atom is 0.0951 e. The molecule has 3 rings (SSSR count). The molecule has 3 aromatic rings. The third-order valence-electron chi connectivity index (χ3n) is 3.07. The number of nitrogens with zero attached hydrogens (tertiary/aromatic N) is 1. The number of para-hydroxylation sites is 1. The van der Waals surface area contributed by atoms with E-state index in [1.54, 1.807) is 11.3 Å². The van der Waals surface area contributed by atoms with Gasteiger partial charge < -0.3 is 5.32 Å². The number of halogens is 1. The number of benzene rings is 2. The predicted molar refractivity (Wildman–Crippen MR) is 86.5 cm³/mol. The lowest BCUT2D eigenvalue weighted by molar-refractivity contribution is 0.686. The summed E-state index contributed by atoms with van der Waals surface area (Å²) in [5.41, 5.74) is 2.31. The van der Waals surface area contributed by atoms with Gasteiger partial charge in [0.2, 0.25) is 0 Å². The Kier molecular flexibility index (Phi) is 4.31. The minimum absolute atomic E-state index is 0.787. The highest BCUT2D eigenvalue weighted by Gasteiger charge is 2.02. The van der Waals surface area contributed by atoms with Crippen molar-refractivity contribution in [3.8, 4) is 0 Å². The van der Waals surface area contributed by atoms with Gasteiger partial charge in [-0.05, 0) is 29.8 Å². The summed E-state index contributed by atoms with van der Waals surface area (Å²) < 4.78 is 1.26. The second kappa shape index (κ2) is 6.35. The molecule has 2 nitrogen and oxygen atoms in total. The van der Waals surface area contributed by atoms with Gasteiger partial charge in [0.15, 0.2) is 0 Å². The Morgan fingerprint density at radius 2 is 2.00 bits per heavy atom. The highest BCUT2D eigenvalue weighted by Crippen LogP contribution is 2.21. The number of thiazole rings is 1. The van der Waals surface area contributed by atoms with E-state index < -0.39 is 0 Å². The molecule has 0 atom stereocenters. The molecule has 1 aromatic heterocycles. The van der Waals surface area contributed by atoms with Gasteiger partial charge in [0.05, 0.1) is 15.2 Å². The van der Waals surface area contributed by atoms with Gasteiger partial charge in [-0.15, -0.1) is 11.3 Å². The van der Waals surface area contributed by atoms with Crippen molar-refractivity contribution in [3.63, 3.8) is 0 Å². The van der Waals surface area contributed by atoms with Crippen molar-refractivity contribution in [2.75, 3.05) is 6.54 Å². The minimum Gasteiger partial charge on any atom is -0.312 e. The Bertz CT molecular complexity index is 675. The number of fused-ring (bicyclic) bond motifs is 1. The quantitative estimate of drug-likeness (QED) is 0.712. The number of hydrogen-bond acceptors (Lipinski definition) is 3. The first-order valence-corrected chi connectivity index (χ1v) is 7.80. The normalized spacial score (nSPS) is 11.1. The third kappa shape index (κ3) is 3.37. The Labute approximate surface area is 127 Å². The molecule has 0 radical (unpaired) electrons. The molecule has 0 fully saturated rings. The fourth-order valence-electron chi connectivity index (χ4n) is 2.10. The van der Waals surface area contributed by atoms with Crippen molar-refractivity contribution in [3.05, 3.63) is 64.1 Å². The van der Waals surface area contributed by atoms with E-state index in [-0.39, 0.29) is 0 Å². The van der Waals surface area contributed by atoms with Crippen molar-refractivity contribution >= 4 is 33.2 Å². The number of rotatable bonds is 5. The van der Waals surface area contributed by atoms with Crippen LogP contribution >= 0.6 is 22.9 Å². The lowest BCUT2D eigenvalue weighted by Crippen LogP contribution is -2.16. The van der Waals surface area contributed by atoms with Crippen LogP contribution in [0.5, 0.6) is 0 Å². The van der Waals surface area contributed by atoms with Gasteiger partial charge in [-0.25, -0.2) is 4.98 Å². The molecular weight excluding hydrogens is 288 g/mol. The first-order valence-electron chi connectivity index (χ1n) is 6.61. The summed E-state index contributed by atoms with van der Waals surface area (Å²) in [6, 6.07) is 16.2. The van der Waals surface area contributed by atoms with Crippen LogP contribution in [0.1, 0.15) is 10.6 Å². The largest absolute Gasteiger partial charge is 0.312 e. The van der Waals surface area contributed by atoms with Crippen LogP contribution in [0, 0.1) is 0 Å². The molecule has 0 saturated heterocycles. The van der Waals surface area contributed by atoms with Crippen LogP contribution in [-0.2, 0) is 13.0 Å². The van der Waals surface area contributed by atoms with Gasteiger partial charge in [-0.1, -0.05) is 35.9 Å². The highest BCUT2D eigenvalue weighted by atomic mass is 35.5. The molecule has 0 aliphatic rings. The molecule has 2 aromatic carbocycles. The molecule has 4 heteroatoms. The van der Waals surface area contributed by atoms with Crippen LogP contribution in [0.15, 0.2) is 48.5 Å². The van der Waals surface area contributed by atoms with Crippen LogP contribution in [0.3, 0.4) is 0 Å². The molecule has 0 spiro atoms. The van der Waals surface area contributed by atoms with E-state index in [2.05, 4.69) is 34.6 Å². The van der Waals surface area contributed by atoms with Crippen molar-refractivity contribution < 1.29 is 0 Å². The summed E-state index contributed by atoms with van der Waals surface area (Å²) >= 11 is 7.74. The maximum atomic E-state index is 5.96. The molecule has 20 heavy (non-hydrogen) atoms. The van der Waals surface area contributed by atoms with Gasteiger partial charge in [0, 0.05) is 24.5 Å². The number of aromatic nitrogens is 1. The van der Waals surface area contributed by atoms with Crippen molar-refractivity contribution in [2.24, 2.45) is 0 Å². The Morgan fingerprint density at radius 1 is 1.10 bits per heavy atom. The fourth-order valence-corrected chi connectivity index (χ4v) is 3.28. The van der Waals surface area contributed by atoms with Gasteiger partial charge >= 0.3 is 0 Å². The van der Waals surface area contributed by atoms with E-state index in [9.17, 15) is 0 Å². The van der Waals surface area contributed by atoms with E-state index in [0.29, 0.717) is 0 Å². The SMILES string of the molecule is Clc1cccc(CNCCc2nc3ccccc3s2)c1. The van der Waals surface area contributed by atoms with Crippen LogP contribution in [0.4, 0.5) is 0 Å². The molecule has 102 valence electrons. The van der Waals surface area contributed by atoms with E-state index >= 15 is 0 Å². The van der Waals surface area contributed by atoms with E-state index in [1.807, 2.05) is 24.3 Å². The van der Waals surface area contributed by atoms with E-state index in [0.717, 1.165) is 30.0 Å². The minimum atomic E-state index is 0.787. The lowest BCUT2D eigenvalue weighted by atomic mass is 10.2. The zero-order chi connectivity index (χ0) is 13.8. The molecule has 0 saturated carbocycles. The average molecular weight is 303 g/mol. The Morgan fingerprint density at radius 3 is 2.85 bits per heavy atom. The third-order valence-corrected chi connectivity index (χ3v) is 4.40. The first kappa shape index (κ1) is 13.6. The monoisotopic (exact) mass is 302 g/mol. The van der Waals surface area contributed by atoms with Crippen LogP contribution < -0.4 is 5.32 Å². The van der Waals surface area contributed by atoms with Gasteiger partial charge in [0.25, 0.3) is 0 Å². The summed E-state index contributed by atoms with van der Waals surface area (Å²) in [6.45, 7) is 1.76. The van der Waals surface area contributed by atoms with Crippen molar-refractivity contribution in [1.29, 1.82) is 0 Å². The lowest BCUT2D eigenvalue weighted by Gasteiger charge is -2.03. The summed E-state index contributed by atoms with van der Waals surface area (Å²) in [4.78, 5) is 4.63. The zero-order valence-corrected chi connectivity index (χ0v) is 12.5. The van der Waals surface area contributed by atoms with E-state index in [4.69, 9.17) is 11.6 Å². The summed E-state index contributed by atoms with van der Waals surface area (Å²) in [6.07, 6.45) is 0.958. The molecule has 1 N–H and O–H groups in total. The van der Waals surface area contributed by atoms with Gasteiger partial charge in [-0.3, -0.25) is 0 Å². The van der Waals surface area contributed by atoms with Crippen LogP contribution in [-0.4, -0.2) is 11.5 Å². The van der Waals surface area contributed by atoms with Gasteiger partial charge in [-0.2, -0.15) is 0 Å². The topological polar surface area (TPSA) is 24.9 Å². The van der Waals surface area contributed by atoms with Crippen molar-refractivity contribution in [2.45, 2.75) is 13.0 Å². The Hall–Kier alpha value is -1.42. The highest BCUT2D eigenvalue weighted by molar-refractivity contribution is 7.18. The van der Waals surface area contributed by atoms with Crippen LogP contribution in [0.2, 0.25) is 5.02 Å². The summed E-state index contributed by atoms with van der Waals surface area (Å²) in [5.74, 6) is 0. The fraction of sp³-hybridized carbons (Fsp3) is 0.188. The van der Waals surface area contributed by atoms with Crippen molar-refractivity contribution in [1.82, 2.24) is 10.3 Å². The second-order valence-corrected chi connectivity index (χ2v) is 6.18. The molecule has 0 bridgehead atoms. The summed E-state index contributed by atoms with van der Waals surface area (Å²) in [7, 11) is 0. The predicted octanol–water partition coefficient (Wildman–Crippen LogP) is 4.28. The summed E-state index contributed by atoms with van der Waals surface area (Å²) in [5, 5.41) is 5.40. The molecule has 0 aliphatic carbocycles.